The van der Waals surface area contributed by atoms with E-state index < -0.39 is 12.1 Å². The topological polar surface area (TPSA) is 144 Å². The lowest BCUT2D eigenvalue weighted by molar-refractivity contribution is -0.192. The maximum Gasteiger partial charge on any atom is 0.490 e. The number of H-pyrrole nitrogens is 1. The van der Waals surface area contributed by atoms with Crippen LogP contribution in [0.3, 0.4) is 0 Å². The van der Waals surface area contributed by atoms with Crippen LogP contribution in [0.4, 0.5) is 29.5 Å². The summed E-state index contributed by atoms with van der Waals surface area (Å²) in [6.45, 7) is 2.55. The third-order valence-electron chi connectivity index (χ3n) is 5.73. The number of amides is 3. The van der Waals surface area contributed by atoms with Gasteiger partial charge in [-0.15, -0.1) is 0 Å². The number of fused-ring (bicyclic) bond motifs is 1. The molecule has 2 aliphatic rings. The van der Waals surface area contributed by atoms with E-state index in [1.54, 1.807) is 35.5 Å². The first kappa shape index (κ1) is 25.7. The minimum atomic E-state index is -5.08. The van der Waals surface area contributed by atoms with E-state index in [9.17, 15) is 22.8 Å². The number of alkyl halides is 3. The van der Waals surface area contributed by atoms with Crippen molar-refractivity contribution in [1.29, 1.82) is 0 Å². The number of anilines is 2. The Hall–Kier alpha value is -4.36. The smallest absolute Gasteiger partial charge is 0.475 e. The van der Waals surface area contributed by atoms with Crippen molar-refractivity contribution in [3.05, 3.63) is 48.4 Å². The minimum Gasteiger partial charge on any atom is -0.475 e. The van der Waals surface area contributed by atoms with Gasteiger partial charge < -0.3 is 30.5 Å². The molecule has 1 saturated carbocycles. The maximum atomic E-state index is 12.7. The largest absolute Gasteiger partial charge is 0.490 e. The summed E-state index contributed by atoms with van der Waals surface area (Å²) in [7, 11) is 0. The molecule has 0 unspecified atom stereocenters. The predicted octanol–water partition coefficient (Wildman–Crippen LogP) is 2.84. The van der Waals surface area contributed by atoms with Crippen molar-refractivity contribution in [2.45, 2.75) is 25.1 Å². The Morgan fingerprint density at radius 1 is 1.05 bits per heavy atom. The highest BCUT2D eigenvalue weighted by Crippen LogP contribution is 2.23. The van der Waals surface area contributed by atoms with Crippen molar-refractivity contribution >= 4 is 40.4 Å². The number of carboxylic acids is 1. The second-order valence-electron chi connectivity index (χ2n) is 8.47. The molecule has 3 aromatic rings. The van der Waals surface area contributed by atoms with Gasteiger partial charge in [0.05, 0.1) is 5.39 Å². The van der Waals surface area contributed by atoms with Crippen molar-refractivity contribution in [2.24, 2.45) is 0 Å². The van der Waals surface area contributed by atoms with Crippen LogP contribution in [0.15, 0.2) is 42.9 Å². The minimum absolute atomic E-state index is 0.0943. The summed E-state index contributed by atoms with van der Waals surface area (Å²) in [4.78, 5) is 49.5. The molecule has 5 rings (SSSR count). The fraction of sp³-hybridized carbons (Fsp3) is 0.348. The third kappa shape index (κ3) is 6.65. The molecule has 11 nitrogen and oxygen atoms in total. The Kier molecular flexibility index (Phi) is 7.45. The van der Waals surface area contributed by atoms with Crippen LogP contribution >= 0.6 is 0 Å². The Morgan fingerprint density at radius 2 is 1.76 bits per heavy atom. The number of hydrogen-bond acceptors (Lipinski definition) is 6. The molecule has 0 spiro atoms. The van der Waals surface area contributed by atoms with Crippen LogP contribution < -0.4 is 15.5 Å². The fourth-order valence-electron chi connectivity index (χ4n) is 3.67. The number of benzene rings is 1. The van der Waals surface area contributed by atoms with Gasteiger partial charge in [0.2, 0.25) is 0 Å². The highest BCUT2D eigenvalue weighted by atomic mass is 19.4. The van der Waals surface area contributed by atoms with Crippen molar-refractivity contribution in [1.82, 2.24) is 25.2 Å². The number of carboxylic acid groups (broad SMARTS) is 1. The number of carbonyl (C=O) groups is 3. The van der Waals surface area contributed by atoms with Crippen molar-refractivity contribution in [3.8, 4) is 0 Å². The van der Waals surface area contributed by atoms with Gasteiger partial charge in [-0.3, -0.25) is 4.79 Å². The van der Waals surface area contributed by atoms with E-state index in [4.69, 9.17) is 9.90 Å². The van der Waals surface area contributed by atoms with Crippen LogP contribution in [-0.2, 0) is 4.79 Å². The number of carbonyl (C=O) groups excluding carboxylic acids is 2. The molecule has 0 radical (unpaired) electrons. The molecule has 2 fully saturated rings. The number of nitrogens with zero attached hydrogens (tertiary/aromatic N) is 4. The summed E-state index contributed by atoms with van der Waals surface area (Å²) in [5.41, 5.74) is 1.99. The molecule has 1 aliphatic heterocycles. The van der Waals surface area contributed by atoms with E-state index in [2.05, 4.69) is 30.5 Å². The van der Waals surface area contributed by atoms with Crippen molar-refractivity contribution < 1.29 is 32.7 Å². The summed E-state index contributed by atoms with van der Waals surface area (Å²) in [6, 6.07) is 9.16. The molecule has 1 saturated heterocycles. The number of piperazine rings is 1. The van der Waals surface area contributed by atoms with Gasteiger partial charge in [-0.2, -0.15) is 13.2 Å². The summed E-state index contributed by atoms with van der Waals surface area (Å²) in [6.07, 6.45) is 0.405. The second-order valence-corrected chi connectivity index (χ2v) is 8.47. The first-order valence-corrected chi connectivity index (χ1v) is 11.4. The van der Waals surface area contributed by atoms with E-state index in [1.165, 1.54) is 0 Å². The number of halogens is 3. The summed E-state index contributed by atoms with van der Waals surface area (Å²) in [5.74, 6) is -1.97. The second kappa shape index (κ2) is 10.7. The number of urea groups is 1. The molecule has 3 heterocycles. The third-order valence-corrected chi connectivity index (χ3v) is 5.73. The highest BCUT2D eigenvalue weighted by Gasteiger charge is 2.38. The molecule has 0 atom stereocenters. The molecular weight excluding hydrogens is 495 g/mol. The van der Waals surface area contributed by atoms with Gasteiger partial charge in [0.25, 0.3) is 5.91 Å². The van der Waals surface area contributed by atoms with Crippen LogP contribution in [0.5, 0.6) is 0 Å². The van der Waals surface area contributed by atoms with E-state index in [1.807, 2.05) is 12.3 Å². The Morgan fingerprint density at radius 3 is 2.41 bits per heavy atom. The van der Waals surface area contributed by atoms with E-state index >= 15 is 0 Å². The monoisotopic (exact) mass is 519 g/mol. The Bertz CT molecular complexity index is 1280. The first-order chi connectivity index (χ1) is 17.6. The lowest BCUT2D eigenvalue weighted by atomic mass is 10.2. The molecule has 2 aromatic heterocycles. The number of hydrogen-bond donors (Lipinski definition) is 4. The summed E-state index contributed by atoms with van der Waals surface area (Å²) < 4.78 is 31.7. The van der Waals surface area contributed by atoms with Crippen LogP contribution in [0, 0.1) is 0 Å². The van der Waals surface area contributed by atoms with Gasteiger partial charge in [-0.1, -0.05) is 6.07 Å². The summed E-state index contributed by atoms with van der Waals surface area (Å²) in [5, 5.41) is 14.0. The molecular formula is C23H24F3N7O4. The SMILES string of the molecule is O=C(NC1CC1)c1cccc(NC(=O)N2CCN(c3ncnc4[nH]ccc34)CC2)c1.O=C(O)C(F)(F)F. The van der Waals surface area contributed by atoms with Crippen LogP contribution in [0.25, 0.3) is 11.0 Å². The van der Waals surface area contributed by atoms with Crippen LogP contribution in [0.1, 0.15) is 23.2 Å². The van der Waals surface area contributed by atoms with Gasteiger partial charge in [0.15, 0.2) is 0 Å². The fourth-order valence-corrected chi connectivity index (χ4v) is 3.67. The number of aliphatic carboxylic acids is 1. The molecule has 1 aliphatic carbocycles. The molecule has 0 bridgehead atoms. The van der Waals surface area contributed by atoms with Gasteiger partial charge in [-0.25, -0.2) is 19.6 Å². The molecule has 196 valence electrons. The highest BCUT2D eigenvalue weighted by molar-refractivity contribution is 5.97. The number of nitrogens with one attached hydrogen (secondary N) is 3. The first-order valence-electron chi connectivity index (χ1n) is 11.4. The van der Waals surface area contributed by atoms with E-state index in [0.29, 0.717) is 43.5 Å². The van der Waals surface area contributed by atoms with Crippen molar-refractivity contribution in [2.75, 3.05) is 36.4 Å². The van der Waals surface area contributed by atoms with Gasteiger partial charge >= 0.3 is 18.2 Å². The Balaban J connectivity index is 0.000000405. The Labute approximate surface area is 208 Å². The zero-order chi connectivity index (χ0) is 26.6. The molecule has 14 heteroatoms. The van der Waals surface area contributed by atoms with Crippen molar-refractivity contribution in [3.63, 3.8) is 0 Å². The van der Waals surface area contributed by atoms with Crippen LogP contribution in [-0.4, -0.2) is 81.3 Å². The maximum absolute atomic E-state index is 12.7. The summed E-state index contributed by atoms with van der Waals surface area (Å²) >= 11 is 0. The quantitative estimate of drug-likeness (QED) is 0.415. The average Bonchev–Trinajstić information content (AvgIpc) is 3.55. The average molecular weight is 519 g/mol. The number of aromatic nitrogens is 3. The van der Waals surface area contributed by atoms with Gasteiger partial charge in [0, 0.05) is 49.7 Å². The van der Waals surface area contributed by atoms with E-state index in [-0.39, 0.29) is 11.9 Å². The number of rotatable bonds is 4. The molecule has 3 amide bonds. The lowest BCUT2D eigenvalue weighted by Crippen LogP contribution is -2.50. The zero-order valence-electron chi connectivity index (χ0n) is 19.5. The zero-order valence-corrected chi connectivity index (χ0v) is 19.5. The van der Waals surface area contributed by atoms with E-state index in [0.717, 1.165) is 29.7 Å². The predicted molar refractivity (Wildman–Crippen MR) is 127 cm³/mol. The normalized spacial score (nSPS) is 15.5. The van der Waals surface area contributed by atoms with Gasteiger partial charge in [-0.05, 0) is 37.1 Å². The van der Waals surface area contributed by atoms with Gasteiger partial charge in [0.1, 0.15) is 17.8 Å². The van der Waals surface area contributed by atoms with Crippen LogP contribution in [0.2, 0.25) is 0 Å². The standard InChI is InChI=1S/C21H23N7O2.C2HF3O2/c29-20(25-15-4-5-15)14-2-1-3-16(12-14)26-21(30)28-10-8-27(9-11-28)19-17-6-7-22-18(17)23-13-24-19;3-2(4,5)1(6)7/h1-3,6-7,12-13,15H,4-5,8-11H2,(H,25,29)(H,26,30)(H,22,23,24);(H,6,7). The molecule has 1 aromatic carbocycles. The number of aromatic amines is 1. The lowest BCUT2D eigenvalue weighted by Gasteiger charge is -2.35. The molecule has 37 heavy (non-hydrogen) atoms. The molecule has 4 N–H and O–H groups in total.